The summed E-state index contributed by atoms with van der Waals surface area (Å²) in [6.07, 6.45) is 1.29. The summed E-state index contributed by atoms with van der Waals surface area (Å²) in [4.78, 5) is 25.7. The first-order valence-electron chi connectivity index (χ1n) is 9.96. The van der Waals surface area contributed by atoms with Gasteiger partial charge < -0.3 is 19.5 Å². The van der Waals surface area contributed by atoms with E-state index in [9.17, 15) is 9.59 Å². The van der Waals surface area contributed by atoms with Crippen LogP contribution in [0.4, 0.5) is 0 Å². The fourth-order valence-corrected chi connectivity index (χ4v) is 4.43. The molecule has 6 nitrogen and oxygen atoms in total. The summed E-state index contributed by atoms with van der Waals surface area (Å²) in [5.74, 6) is 1.74. The van der Waals surface area contributed by atoms with E-state index in [1.807, 2.05) is 42.5 Å². The molecule has 0 aromatic heterocycles. The minimum absolute atomic E-state index is 0.0339. The number of nitrogens with one attached hydrogen (secondary N) is 1. The molecule has 4 rings (SSSR count). The Labute approximate surface area is 175 Å². The molecule has 1 aliphatic heterocycles. The average molecular weight is 407 g/mol. The molecule has 0 saturated heterocycles. The number of amides is 1. The molecule has 0 radical (unpaired) electrons. The number of carbonyl (C=O) groups excluding carboxylic acids is 2. The highest BCUT2D eigenvalue weighted by Gasteiger charge is 2.38. The molecule has 1 aliphatic carbocycles. The maximum Gasteiger partial charge on any atom is 0.225 e. The molecule has 0 bridgehead atoms. The van der Waals surface area contributed by atoms with Crippen molar-refractivity contribution in [3.05, 3.63) is 64.9 Å². The lowest BCUT2D eigenvalue weighted by Crippen LogP contribution is -2.38. The predicted molar refractivity (Wildman–Crippen MR) is 112 cm³/mol. The van der Waals surface area contributed by atoms with E-state index in [1.165, 1.54) is 0 Å². The van der Waals surface area contributed by atoms with Crippen molar-refractivity contribution in [3.8, 4) is 17.2 Å². The summed E-state index contributed by atoms with van der Waals surface area (Å²) in [5.41, 5.74) is 3.40. The van der Waals surface area contributed by atoms with E-state index in [1.54, 1.807) is 21.3 Å². The van der Waals surface area contributed by atoms with Gasteiger partial charge in [0.05, 0.1) is 21.3 Å². The normalized spacial score (nSPS) is 21.0. The minimum Gasteiger partial charge on any atom is -0.497 e. The Morgan fingerprint density at radius 1 is 0.800 bits per heavy atom. The second-order valence-electron chi connectivity index (χ2n) is 7.61. The van der Waals surface area contributed by atoms with Gasteiger partial charge in [-0.05, 0) is 47.7 Å². The lowest BCUT2D eigenvalue weighted by atomic mass is 9.73. The second-order valence-corrected chi connectivity index (χ2v) is 7.61. The molecule has 1 amide bonds. The summed E-state index contributed by atoms with van der Waals surface area (Å²) < 4.78 is 16.0. The van der Waals surface area contributed by atoms with Crippen LogP contribution in [0.25, 0.3) is 0 Å². The maximum atomic E-state index is 13.2. The van der Waals surface area contributed by atoms with E-state index in [-0.39, 0.29) is 29.9 Å². The zero-order chi connectivity index (χ0) is 21.3. The average Bonchev–Trinajstić information content (AvgIpc) is 2.77. The number of hydrogen-bond donors (Lipinski definition) is 1. The molecule has 1 heterocycles. The van der Waals surface area contributed by atoms with Gasteiger partial charge in [-0.15, -0.1) is 0 Å². The van der Waals surface area contributed by atoms with Gasteiger partial charge in [0.15, 0.2) is 17.3 Å². The standard InChI is InChI=1S/C24H25NO5/c1-28-17-7-4-14(5-8-17)16-10-19-24(20(26)11-16)18(13-23(27)25-19)15-6-9-21(29-2)22(12-15)30-3/h4-9,12,16,18H,10-11,13H2,1-3H3,(H,25,27)/t16-,18-/m0/s1. The number of hydrogen-bond acceptors (Lipinski definition) is 5. The number of ketones is 1. The van der Waals surface area contributed by atoms with Gasteiger partial charge in [-0.2, -0.15) is 0 Å². The molecule has 2 aromatic carbocycles. The lowest BCUT2D eigenvalue weighted by Gasteiger charge is -2.34. The largest absolute Gasteiger partial charge is 0.497 e. The second kappa shape index (κ2) is 8.22. The topological polar surface area (TPSA) is 73.9 Å². The molecule has 0 fully saturated rings. The van der Waals surface area contributed by atoms with Crippen LogP contribution >= 0.6 is 0 Å². The molecule has 1 N–H and O–H groups in total. The van der Waals surface area contributed by atoms with Crippen LogP contribution in [0.5, 0.6) is 17.2 Å². The molecule has 2 atom stereocenters. The Bertz CT molecular complexity index is 1010. The molecule has 2 aliphatic rings. The fourth-order valence-electron chi connectivity index (χ4n) is 4.43. The van der Waals surface area contributed by atoms with E-state index in [2.05, 4.69) is 5.32 Å². The molecule has 0 spiro atoms. The third-order valence-corrected chi connectivity index (χ3v) is 5.93. The van der Waals surface area contributed by atoms with Crippen LogP contribution in [-0.2, 0) is 9.59 Å². The number of ether oxygens (including phenoxy) is 3. The van der Waals surface area contributed by atoms with Crippen LogP contribution in [0.3, 0.4) is 0 Å². The summed E-state index contributed by atoms with van der Waals surface area (Å²) in [7, 11) is 4.78. The highest BCUT2D eigenvalue weighted by atomic mass is 16.5. The molecule has 156 valence electrons. The van der Waals surface area contributed by atoms with Crippen molar-refractivity contribution in [1.82, 2.24) is 5.32 Å². The number of Topliss-reactive ketones (excluding diaryl/α,β-unsaturated/α-hetero) is 1. The molecular weight excluding hydrogens is 382 g/mol. The van der Waals surface area contributed by atoms with Crippen molar-refractivity contribution >= 4 is 11.7 Å². The Kier molecular flexibility index (Phi) is 5.48. The first-order chi connectivity index (χ1) is 14.5. The zero-order valence-corrected chi connectivity index (χ0v) is 17.4. The molecule has 2 aromatic rings. The Hall–Kier alpha value is -3.28. The van der Waals surface area contributed by atoms with E-state index < -0.39 is 0 Å². The van der Waals surface area contributed by atoms with Crippen molar-refractivity contribution in [2.24, 2.45) is 0 Å². The first-order valence-corrected chi connectivity index (χ1v) is 9.96. The SMILES string of the molecule is COc1ccc([C@@H]2CC(=O)C3=C(C2)NC(=O)C[C@H]3c2ccc(OC)c(OC)c2)cc1. The van der Waals surface area contributed by atoms with E-state index in [0.717, 1.165) is 22.6 Å². The van der Waals surface area contributed by atoms with Gasteiger partial charge >= 0.3 is 0 Å². The van der Waals surface area contributed by atoms with Gasteiger partial charge in [-0.3, -0.25) is 9.59 Å². The maximum absolute atomic E-state index is 13.2. The summed E-state index contributed by atoms with van der Waals surface area (Å²) in [5, 5.41) is 2.96. The first kappa shape index (κ1) is 20.0. The zero-order valence-electron chi connectivity index (χ0n) is 17.4. The quantitative estimate of drug-likeness (QED) is 0.818. The number of methoxy groups -OCH3 is 3. The van der Waals surface area contributed by atoms with Gasteiger partial charge in [0.1, 0.15) is 5.75 Å². The van der Waals surface area contributed by atoms with Crippen LogP contribution in [0.2, 0.25) is 0 Å². The molecule has 6 heteroatoms. The van der Waals surface area contributed by atoms with Crippen LogP contribution < -0.4 is 19.5 Å². The molecule has 30 heavy (non-hydrogen) atoms. The van der Waals surface area contributed by atoms with E-state index in [4.69, 9.17) is 14.2 Å². The third-order valence-electron chi connectivity index (χ3n) is 5.93. The van der Waals surface area contributed by atoms with Gasteiger partial charge in [0.2, 0.25) is 5.91 Å². The number of rotatable bonds is 5. The minimum atomic E-state index is -0.280. The monoisotopic (exact) mass is 407 g/mol. The van der Waals surface area contributed by atoms with Crippen LogP contribution in [0.15, 0.2) is 53.7 Å². The predicted octanol–water partition coefficient (Wildman–Crippen LogP) is 3.72. The third kappa shape index (κ3) is 3.65. The Morgan fingerprint density at radius 3 is 2.17 bits per heavy atom. The van der Waals surface area contributed by atoms with Crippen molar-refractivity contribution < 1.29 is 23.8 Å². The van der Waals surface area contributed by atoms with Crippen molar-refractivity contribution in [1.29, 1.82) is 0 Å². The Morgan fingerprint density at radius 2 is 1.50 bits per heavy atom. The molecule has 0 unspecified atom stereocenters. The number of allylic oxidation sites excluding steroid dienone is 2. The molecule has 0 saturated carbocycles. The number of benzene rings is 2. The number of carbonyl (C=O) groups is 2. The van der Waals surface area contributed by atoms with Gasteiger partial charge in [0.25, 0.3) is 0 Å². The molecular formula is C24H25NO5. The van der Waals surface area contributed by atoms with E-state index in [0.29, 0.717) is 29.9 Å². The highest BCUT2D eigenvalue weighted by molar-refractivity contribution is 6.02. The summed E-state index contributed by atoms with van der Waals surface area (Å²) >= 11 is 0. The van der Waals surface area contributed by atoms with E-state index >= 15 is 0 Å². The van der Waals surface area contributed by atoms with Gasteiger partial charge in [0, 0.05) is 30.0 Å². The smallest absolute Gasteiger partial charge is 0.225 e. The van der Waals surface area contributed by atoms with Gasteiger partial charge in [-0.25, -0.2) is 0 Å². The fraction of sp³-hybridized carbons (Fsp3) is 0.333. The lowest BCUT2D eigenvalue weighted by molar-refractivity contribution is -0.122. The summed E-state index contributed by atoms with van der Waals surface area (Å²) in [6, 6.07) is 13.3. The summed E-state index contributed by atoms with van der Waals surface area (Å²) in [6.45, 7) is 0. The van der Waals surface area contributed by atoms with Gasteiger partial charge in [-0.1, -0.05) is 18.2 Å². The van der Waals surface area contributed by atoms with Crippen molar-refractivity contribution in [2.45, 2.75) is 31.1 Å². The highest BCUT2D eigenvalue weighted by Crippen LogP contribution is 2.44. The Balaban J connectivity index is 1.68. The van der Waals surface area contributed by atoms with Crippen molar-refractivity contribution in [3.63, 3.8) is 0 Å². The van der Waals surface area contributed by atoms with Crippen LogP contribution in [0.1, 0.15) is 42.2 Å². The van der Waals surface area contributed by atoms with Crippen LogP contribution in [-0.4, -0.2) is 33.0 Å². The van der Waals surface area contributed by atoms with Crippen LogP contribution in [0, 0.1) is 0 Å². The van der Waals surface area contributed by atoms with Crippen molar-refractivity contribution in [2.75, 3.05) is 21.3 Å².